The van der Waals surface area contributed by atoms with E-state index in [0.29, 0.717) is 22.5 Å². The highest BCUT2D eigenvalue weighted by Crippen LogP contribution is 2.37. The van der Waals surface area contributed by atoms with E-state index in [1.165, 1.54) is 12.1 Å². The molecule has 1 heterocycles. The molecular weight excluding hydrogens is 292 g/mol. The first kappa shape index (κ1) is 17.4. The maximum absolute atomic E-state index is 12.7. The largest absolute Gasteiger partial charge is 0.339 e. The Hall–Kier alpha value is -1.91. The molecule has 0 saturated carbocycles. The number of carbonyl (C=O) groups is 1. The standard InChI is InChI=1S/C18H26N2O3/c1-5-18(3,4)14-8-10-19(11-9-14)17(21)16-7-6-15(20(22)23)12-13(16)2/h6-7,12,14H,5,8-11H2,1-4H3. The van der Waals surface area contributed by atoms with E-state index in [1.807, 2.05) is 4.90 Å². The van der Waals surface area contributed by atoms with Gasteiger partial charge in [0.15, 0.2) is 0 Å². The summed E-state index contributed by atoms with van der Waals surface area (Å²) in [5.41, 5.74) is 1.59. The van der Waals surface area contributed by atoms with Crippen molar-refractivity contribution in [1.82, 2.24) is 4.90 Å². The average molecular weight is 318 g/mol. The summed E-state index contributed by atoms with van der Waals surface area (Å²) < 4.78 is 0. The summed E-state index contributed by atoms with van der Waals surface area (Å²) >= 11 is 0. The minimum Gasteiger partial charge on any atom is -0.339 e. The van der Waals surface area contributed by atoms with Gasteiger partial charge in [0.05, 0.1) is 4.92 Å². The third-order valence-corrected chi connectivity index (χ3v) is 5.45. The fourth-order valence-corrected chi connectivity index (χ4v) is 3.32. The van der Waals surface area contributed by atoms with Gasteiger partial charge in [-0.1, -0.05) is 27.2 Å². The van der Waals surface area contributed by atoms with Gasteiger partial charge in [0.25, 0.3) is 11.6 Å². The van der Waals surface area contributed by atoms with Crippen LogP contribution in [0.4, 0.5) is 5.69 Å². The van der Waals surface area contributed by atoms with E-state index < -0.39 is 4.92 Å². The van der Waals surface area contributed by atoms with E-state index in [1.54, 1.807) is 13.0 Å². The minimum absolute atomic E-state index is 0.00912. The fourth-order valence-electron chi connectivity index (χ4n) is 3.32. The number of piperidine rings is 1. The summed E-state index contributed by atoms with van der Waals surface area (Å²) in [6.45, 7) is 10.1. The first-order valence-electron chi connectivity index (χ1n) is 8.30. The Bertz CT molecular complexity index is 602. The predicted octanol–water partition coefficient (Wildman–Crippen LogP) is 4.19. The number of nitro benzene ring substituents is 1. The number of nitro groups is 1. The van der Waals surface area contributed by atoms with Crippen molar-refractivity contribution in [3.63, 3.8) is 0 Å². The van der Waals surface area contributed by atoms with Crippen molar-refractivity contribution >= 4 is 11.6 Å². The number of aryl methyl sites for hydroxylation is 1. The second-order valence-corrected chi connectivity index (χ2v) is 7.16. The molecular formula is C18H26N2O3. The van der Waals surface area contributed by atoms with Crippen molar-refractivity contribution in [1.29, 1.82) is 0 Å². The first-order valence-corrected chi connectivity index (χ1v) is 8.30. The lowest BCUT2D eigenvalue weighted by atomic mass is 9.72. The fraction of sp³-hybridized carbons (Fsp3) is 0.611. The van der Waals surface area contributed by atoms with Crippen molar-refractivity contribution < 1.29 is 9.72 Å². The number of likely N-dealkylation sites (tertiary alicyclic amines) is 1. The van der Waals surface area contributed by atoms with Gasteiger partial charge in [-0.3, -0.25) is 14.9 Å². The van der Waals surface area contributed by atoms with Gasteiger partial charge in [0, 0.05) is 30.8 Å². The summed E-state index contributed by atoms with van der Waals surface area (Å²) in [5.74, 6) is 0.639. The number of nitrogens with zero attached hydrogens (tertiary/aromatic N) is 2. The van der Waals surface area contributed by atoms with Gasteiger partial charge in [-0.15, -0.1) is 0 Å². The van der Waals surface area contributed by atoms with Crippen LogP contribution in [0.15, 0.2) is 18.2 Å². The van der Waals surface area contributed by atoms with Crippen LogP contribution in [0.5, 0.6) is 0 Å². The van der Waals surface area contributed by atoms with Gasteiger partial charge in [-0.2, -0.15) is 0 Å². The molecule has 0 bridgehead atoms. The van der Waals surface area contributed by atoms with Gasteiger partial charge in [-0.25, -0.2) is 0 Å². The molecule has 1 aromatic carbocycles. The molecule has 1 aromatic rings. The second-order valence-electron chi connectivity index (χ2n) is 7.16. The zero-order valence-corrected chi connectivity index (χ0v) is 14.5. The van der Waals surface area contributed by atoms with Gasteiger partial charge in [0.2, 0.25) is 0 Å². The third-order valence-electron chi connectivity index (χ3n) is 5.45. The highest BCUT2D eigenvalue weighted by atomic mass is 16.6. The van der Waals surface area contributed by atoms with E-state index in [9.17, 15) is 14.9 Å². The number of benzene rings is 1. The molecule has 1 saturated heterocycles. The molecule has 5 heteroatoms. The lowest BCUT2D eigenvalue weighted by Crippen LogP contribution is -2.42. The Morgan fingerprint density at radius 3 is 2.43 bits per heavy atom. The van der Waals surface area contributed by atoms with Crippen LogP contribution in [0.3, 0.4) is 0 Å². The van der Waals surface area contributed by atoms with E-state index in [0.717, 1.165) is 32.4 Å². The van der Waals surface area contributed by atoms with Crippen molar-refractivity contribution in [2.45, 2.75) is 47.0 Å². The molecule has 5 nitrogen and oxygen atoms in total. The average Bonchev–Trinajstić information content (AvgIpc) is 2.54. The Kier molecular flexibility index (Phi) is 5.07. The molecule has 126 valence electrons. The molecule has 0 atom stereocenters. The summed E-state index contributed by atoms with van der Waals surface area (Å²) in [4.78, 5) is 24.9. The summed E-state index contributed by atoms with van der Waals surface area (Å²) in [7, 11) is 0. The molecule has 0 aliphatic carbocycles. The minimum atomic E-state index is -0.431. The molecule has 0 N–H and O–H groups in total. The van der Waals surface area contributed by atoms with Gasteiger partial charge in [-0.05, 0) is 42.7 Å². The number of carbonyl (C=O) groups excluding carboxylic acids is 1. The van der Waals surface area contributed by atoms with Crippen LogP contribution in [0.1, 0.15) is 56.0 Å². The Balaban J connectivity index is 2.07. The third kappa shape index (κ3) is 3.71. The summed E-state index contributed by atoms with van der Waals surface area (Å²) in [5, 5.41) is 10.8. The highest BCUT2D eigenvalue weighted by molar-refractivity contribution is 5.96. The SMILES string of the molecule is CCC(C)(C)C1CCN(C(=O)c2ccc([N+](=O)[O-])cc2C)CC1. The van der Waals surface area contributed by atoms with Crippen LogP contribution in [0, 0.1) is 28.4 Å². The quantitative estimate of drug-likeness (QED) is 0.617. The van der Waals surface area contributed by atoms with Crippen LogP contribution in [0.25, 0.3) is 0 Å². The topological polar surface area (TPSA) is 63.5 Å². The van der Waals surface area contributed by atoms with Crippen LogP contribution in [-0.2, 0) is 0 Å². The Labute approximate surface area is 137 Å². The molecule has 1 fully saturated rings. The normalized spacial score (nSPS) is 16.4. The smallest absolute Gasteiger partial charge is 0.269 e. The zero-order chi connectivity index (χ0) is 17.2. The Morgan fingerprint density at radius 1 is 1.35 bits per heavy atom. The Morgan fingerprint density at radius 2 is 1.96 bits per heavy atom. The monoisotopic (exact) mass is 318 g/mol. The van der Waals surface area contributed by atoms with Crippen molar-refractivity contribution in [2.24, 2.45) is 11.3 Å². The number of hydrogen-bond donors (Lipinski definition) is 0. The van der Waals surface area contributed by atoms with Gasteiger partial charge in [0.1, 0.15) is 0 Å². The lowest BCUT2D eigenvalue weighted by molar-refractivity contribution is -0.384. The maximum Gasteiger partial charge on any atom is 0.269 e. The highest BCUT2D eigenvalue weighted by Gasteiger charge is 2.32. The van der Waals surface area contributed by atoms with E-state index in [-0.39, 0.29) is 11.6 Å². The van der Waals surface area contributed by atoms with Gasteiger partial charge < -0.3 is 4.90 Å². The molecule has 23 heavy (non-hydrogen) atoms. The van der Waals surface area contributed by atoms with E-state index in [2.05, 4.69) is 20.8 Å². The first-order chi connectivity index (χ1) is 10.8. The number of non-ortho nitro benzene ring substituents is 1. The van der Waals surface area contributed by atoms with Crippen LogP contribution in [-0.4, -0.2) is 28.8 Å². The molecule has 0 spiro atoms. The summed E-state index contributed by atoms with van der Waals surface area (Å²) in [6, 6.07) is 4.46. The van der Waals surface area contributed by atoms with Crippen molar-refractivity contribution in [2.75, 3.05) is 13.1 Å². The van der Waals surface area contributed by atoms with E-state index in [4.69, 9.17) is 0 Å². The second kappa shape index (κ2) is 6.69. The van der Waals surface area contributed by atoms with Crippen LogP contribution in [0.2, 0.25) is 0 Å². The van der Waals surface area contributed by atoms with Gasteiger partial charge >= 0.3 is 0 Å². The van der Waals surface area contributed by atoms with Crippen LogP contribution >= 0.6 is 0 Å². The zero-order valence-electron chi connectivity index (χ0n) is 14.5. The van der Waals surface area contributed by atoms with Crippen molar-refractivity contribution in [3.05, 3.63) is 39.4 Å². The number of amides is 1. The molecule has 0 unspecified atom stereocenters. The molecule has 2 rings (SSSR count). The summed E-state index contributed by atoms with van der Waals surface area (Å²) in [6.07, 6.45) is 3.20. The number of rotatable bonds is 4. The molecule has 0 radical (unpaired) electrons. The predicted molar refractivity (Wildman–Crippen MR) is 90.5 cm³/mol. The van der Waals surface area contributed by atoms with Crippen LogP contribution < -0.4 is 0 Å². The lowest BCUT2D eigenvalue weighted by Gasteiger charge is -2.40. The number of hydrogen-bond acceptors (Lipinski definition) is 3. The maximum atomic E-state index is 12.7. The van der Waals surface area contributed by atoms with Crippen molar-refractivity contribution in [3.8, 4) is 0 Å². The molecule has 0 aromatic heterocycles. The molecule has 1 amide bonds. The molecule has 1 aliphatic rings. The molecule has 1 aliphatic heterocycles. The van der Waals surface area contributed by atoms with E-state index >= 15 is 0 Å².